The molecule has 0 aromatic rings. The number of carboxylic acid groups (broad SMARTS) is 4. The van der Waals surface area contributed by atoms with Crippen LogP contribution in [-0.2, 0) is 38.2 Å². The minimum absolute atomic E-state index is 0.000821. The summed E-state index contributed by atoms with van der Waals surface area (Å²) in [7, 11) is 0. The van der Waals surface area contributed by atoms with E-state index in [1.54, 1.807) is 27.7 Å². The summed E-state index contributed by atoms with van der Waals surface area (Å²) in [5.41, 5.74) is -4.13. The van der Waals surface area contributed by atoms with E-state index in [0.29, 0.717) is 6.42 Å². The maximum atomic E-state index is 14.1. The monoisotopic (exact) mass is 756 g/mol. The first kappa shape index (κ1) is 49.7. The molecule has 0 bridgehead atoms. The van der Waals surface area contributed by atoms with Gasteiger partial charge in [0, 0.05) is 48.1 Å². The van der Waals surface area contributed by atoms with Gasteiger partial charge in [-0.15, -0.1) is 0 Å². The molecular formula is C39H66NO13-3. The number of hydrogen-bond acceptors (Lipinski definition) is 12. The molecule has 0 aliphatic carbocycles. The number of aliphatic hydroxyl groups is 1. The number of nitrogens with one attached hydrogen (secondary N) is 1. The highest BCUT2D eigenvalue weighted by atomic mass is 16.6. The number of unbranched alkanes of at least 4 members (excludes halogenated alkanes) is 5. The first-order valence-electron chi connectivity index (χ1n) is 19.1. The fourth-order valence-electron chi connectivity index (χ4n) is 7.66. The van der Waals surface area contributed by atoms with Crippen LogP contribution in [-0.4, -0.2) is 78.9 Å². The smallest absolute Gasteiger partial charge is 0.309 e. The van der Waals surface area contributed by atoms with E-state index in [2.05, 4.69) is 12.2 Å². The third-order valence-electron chi connectivity index (χ3n) is 10.8. The van der Waals surface area contributed by atoms with E-state index >= 15 is 0 Å². The molecule has 0 rings (SSSR count). The Kier molecular flexibility index (Phi) is 22.1. The van der Waals surface area contributed by atoms with Crippen molar-refractivity contribution in [1.82, 2.24) is 5.32 Å². The average molecular weight is 757 g/mol. The lowest BCUT2D eigenvalue weighted by molar-refractivity contribution is -0.319. The molecule has 3 N–H and O–H groups in total. The first-order valence-corrected chi connectivity index (χ1v) is 19.1. The van der Waals surface area contributed by atoms with Gasteiger partial charge in [0.1, 0.15) is 6.61 Å². The zero-order valence-electron chi connectivity index (χ0n) is 33.5. The van der Waals surface area contributed by atoms with E-state index in [1.807, 2.05) is 0 Å². The standard InChI is InChI=1S/C39H69NO13/c1-10-13-14-15-16-17-18-40-31(42)26(23-38(6,7)28(33(45)46)25(11-2)36(51)53-22-21-52-20-19-41)29(34(47)48)39(8,9)24-27(32(43)44)30(35(49)50)37(4,5)12-3/h25-30,41H,10-24H2,1-9H3,(H,40,42)(H,43,44)(H,45,46)(H,47,48)(H,49,50)/p-3. The fraction of sp³-hybridized carbons (Fsp3) is 0.846. The fourth-order valence-corrected chi connectivity index (χ4v) is 7.66. The van der Waals surface area contributed by atoms with Crippen molar-refractivity contribution in [2.75, 3.05) is 33.0 Å². The minimum Gasteiger partial charge on any atom is -0.550 e. The second-order valence-corrected chi connectivity index (χ2v) is 16.2. The molecule has 0 aliphatic heterocycles. The van der Waals surface area contributed by atoms with Crippen LogP contribution in [0.3, 0.4) is 0 Å². The molecule has 0 aliphatic rings. The number of carbonyl (C=O) groups is 6. The van der Waals surface area contributed by atoms with Crippen molar-refractivity contribution in [3.63, 3.8) is 0 Å². The van der Waals surface area contributed by atoms with E-state index < -0.39 is 100 Å². The highest BCUT2D eigenvalue weighted by molar-refractivity contribution is 5.85. The Balaban J connectivity index is 7.00. The average Bonchev–Trinajstić information content (AvgIpc) is 3.04. The van der Waals surface area contributed by atoms with E-state index in [-0.39, 0.29) is 45.8 Å². The Hall–Kier alpha value is -3.26. The summed E-state index contributed by atoms with van der Waals surface area (Å²) >= 11 is 0. The van der Waals surface area contributed by atoms with Gasteiger partial charge in [-0.1, -0.05) is 101 Å². The van der Waals surface area contributed by atoms with Crippen molar-refractivity contribution < 1.29 is 63.8 Å². The van der Waals surface area contributed by atoms with Crippen LogP contribution < -0.4 is 20.6 Å². The Bertz CT molecular complexity index is 1180. The lowest BCUT2D eigenvalue weighted by atomic mass is 9.59. The van der Waals surface area contributed by atoms with E-state index in [9.17, 15) is 49.2 Å². The third-order valence-corrected chi connectivity index (χ3v) is 10.8. The first-order chi connectivity index (χ1) is 24.6. The quantitative estimate of drug-likeness (QED) is 0.0700. The highest BCUT2D eigenvalue weighted by Gasteiger charge is 2.50. The zero-order chi connectivity index (χ0) is 41.2. The van der Waals surface area contributed by atoms with Crippen molar-refractivity contribution >= 4 is 35.8 Å². The second kappa shape index (κ2) is 23.5. The van der Waals surface area contributed by atoms with Crippen LogP contribution >= 0.6 is 0 Å². The number of ether oxygens (including phenoxy) is 2. The summed E-state index contributed by atoms with van der Waals surface area (Å²) in [4.78, 5) is 78.3. The molecule has 0 aromatic carbocycles. The number of esters is 1. The van der Waals surface area contributed by atoms with Gasteiger partial charge in [-0.25, -0.2) is 0 Å². The van der Waals surface area contributed by atoms with Crippen LogP contribution in [0, 0.1) is 51.8 Å². The molecule has 0 saturated carbocycles. The van der Waals surface area contributed by atoms with Crippen molar-refractivity contribution in [3.8, 4) is 0 Å². The van der Waals surface area contributed by atoms with E-state index in [1.165, 1.54) is 27.7 Å². The molecule has 0 heterocycles. The lowest BCUT2D eigenvalue weighted by Gasteiger charge is -2.47. The van der Waals surface area contributed by atoms with Gasteiger partial charge < -0.3 is 54.7 Å². The predicted octanol–water partition coefficient (Wildman–Crippen LogP) is 1.73. The number of rotatable bonds is 30. The van der Waals surface area contributed by atoms with Gasteiger partial charge in [0.05, 0.1) is 31.7 Å². The van der Waals surface area contributed by atoms with E-state index in [0.717, 1.165) is 32.1 Å². The molecule has 6 unspecified atom stereocenters. The van der Waals surface area contributed by atoms with Crippen LogP contribution in [0.4, 0.5) is 0 Å². The molecule has 6 atom stereocenters. The molecule has 0 fully saturated rings. The number of aliphatic carboxylic acids is 4. The molecule has 0 aromatic heterocycles. The number of hydrogen-bond donors (Lipinski definition) is 3. The molecule has 0 saturated heterocycles. The van der Waals surface area contributed by atoms with E-state index in [4.69, 9.17) is 14.6 Å². The maximum absolute atomic E-state index is 14.1. The number of carboxylic acids is 4. The Morgan fingerprint density at radius 3 is 1.57 bits per heavy atom. The Morgan fingerprint density at radius 1 is 0.642 bits per heavy atom. The van der Waals surface area contributed by atoms with Gasteiger partial charge >= 0.3 is 11.9 Å². The lowest BCUT2D eigenvalue weighted by Crippen LogP contribution is -2.54. The summed E-state index contributed by atoms with van der Waals surface area (Å²) in [5.74, 6) is -17.1. The van der Waals surface area contributed by atoms with Crippen molar-refractivity contribution in [2.45, 2.75) is 127 Å². The van der Waals surface area contributed by atoms with Crippen LogP contribution in [0.2, 0.25) is 0 Å². The molecule has 0 spiro atoms. The van der Waals surface area contributed by atoms with Gasteiger partial charge in [-0.05, 0) is 41.9 Å². The van der Waals surface area contributed by atoms with Crippen LogP contribution in [0.5, 0.6) is 0 Å². The largest absolute Gasteiger partial charge is 0.550 e. The molecule has 53 heavy (non-hydrogen) atoms. The number of aliphatic hydroxyl groups excluding tert-OH is 1. The SMILES string of the molecule is CCCCCCCCNC(=O)C(CC(C)(C)C(C(=O)[O-])C(CC)C(=O)OCCOCCO)C(C(=O)[O-])C(C)(C)CC(C(=O)O)C(C(=O)[O-])C(C)(C)CC. The summed E-state index contributed by atoms with van der Waals surface area (Å²) in [6.45, 7) is 14.1. The summed E-state index contributed by atoms with van der Waals surface area (Å²) in [5, 5.41) is 60.4. The van der Waals surface area contributed by atoms with Gasteiger partial charge in [0.15, 0.2) is 0 Å². The normalized spacial score (nSPS) is 15.7. The molecule has 1 amide bonds. The van der Waals surface area contributed by atoms with Gasteiger partial charge in [-0.2, -0.15) is 0 Å². The number of amides is 1. The summed E-state index contributed by atoms with van der Waals surface area (Å²) < 4.78 is 10.4. The Labute approximate surface area is 315 Å². The van der Waals surface area contributed by atoms with Crippen molar-refractivity contribution in [3.05, 3.63) is 0 Å². The molecule has 14 nitrogen and oxygen atoms in total. The maximum Gasteiger partial charge on any atom is 0.309 e. The number of carbonyl (C=O) groups excluding carboxylic acids is 5. The van der Waals surface area contributed by atoms with Crippen molar-refractivity contribution in [1.29, 1.82) is 0 Å². The predicted molar refractivity (Wildman–Crippen MR) is 190 cm³/mol. The van der Waals surface area contributed by atoms with Crippen molar-refractivity contribution in [2.24, 2.45) is 51.8 Å². The molecular weight excluding hydrogens is 690 g/mol. The van der Waals surface area contributed by atoms with Crippen LogP contribution in [0.25, 0.3) is 0 Å². The molecule has 308 valence electrons. The van der Waals surface area contributed by atoms with Crippen LogP contribution in [0.1, 0.15) is 127 Å². The van der Waals surface area contributed by atoms with Gasteiger partial charge in [0.2, 0.25) is 5.91 Å². The topological polar surface area (TPSA) is 243 Å². The second-order valence-electron chi connectivity index (χ2n) is 16.2. The Morgan fingerprint density at radius 2 is 1.11 bits per heavy atom. The van der Waals surface area contributed by atoms with Gasteiger partial charge in [0.25, 0.3) is 0 Å². The third kappa shape index (κ3) is 15.9. The highest BCUT2D eigenvalue weighted by Crippen LogP contribution is 2.48. The summed E-state index contributed by atoms with van der Waals surface area (Å²) in [6.07, 6.45) is 4.88. The minimum atomic E-state index is -1.72. The van der Waals surface area contributed by atoms with Gasteiger partial charge in [-0.3, -0.25) is 14.4 Å². The molecule has 0 radical (unpaired) electrons. The molecule has 14 heteroatoms. The van der Waals surface area contributed by atoms with Crippen LogP contribution in [0.15, 0.2) is 0 Å². The zero-order valence-corrected chi connectivity index (χ0v) is 33.5. The summed E-state index contributed by atoms with van der Waals surface area (Å²) in [6, 6.07) is 0.